The van der Waals surface area contributed by atoms with Crippen LogP contribution in [-0.4, -0.2) is 68.2 Å². The molecule has 1 fully saturated rings. The van der Waals surface area contributed by atoms with E-state index in [-0.39, 0.29) is 32.1 Å². The van der Waals surface area contributed by atoms with Gasteiger partial charge in [0.2, 0.25) is 0 Å². The molecule has 2 rings (SSSR count). The molecule has 132 valence electrons. The summed E-state index contributed by atoms with van der Waals surface area (Å²) in [6.45, 7) is -0.267. The first-order valence-electron chi connectivity index (χ1n) is 7.14. The fourth-order valence-corrected chi connectivity index (χ4v) is 2.41. The lowest BCUT2D eigenvalue weighted by atomic mass is 10.1. The van der Waals surface area contributed by atoms with Crippen LogP contribution in [0.5, 0.6) is 11.5 Å². The predicted octanol–water partition coefficient (Wildman–Crippen LogP) is 1.55. The monoisotopic (exact) mass is 346 g/mol. The number of amides is 2. The molecule has 0 aromatic heterocycles. The summed E-state index contributed by atoms with van der Waals surface area (Å²) in [7, 11) is 2.90. The number of hydrogen-bond acceptors (Lipinski definition) is 4. The Balaban J connectivity index is 2.07. The van der Waals surface area contributed by atoms with Crippen molar-refractivity contribution < 1.29 is 32.2 Å². The van der Waals surface area contributed by atoms with E-state index in [1.165, 1.54) is 31.3 Å². The fraction of sp³-hybridized carbons (Fsp3) is 0.467. The molecule has 0 spiro atoms. The van der Waals surface area contributed by atoms with E-state index in [2.05, 4.69) is 0 Å². The summed E-state index contributed by atoms with van der Waals surface area (Å²) in [4.78, 5) is 25.8. The molecule has 0 atom stereocenters. The highest BCUT2D eigenvalue weighted by molar-refractivity contribution is 5.95. The Bertz CT molecular complexity index is 603. The number of rotatable bonds is 3. The van der Waals surface area contributed by atoms with Gasteiger partial charge in [-0.15, -0.1) is 0 Å². The van der Waals surface area contributed by atoms with Gasteiger partial charge in [0.25, 0.3) is 5.91 Å². The van der Waals surface area contributed by atoms with Gasteiger partial charge in [-0.3, -0.25) is 9.59 Å². The van der Waals surface area contributed by atoms with Crippen LogP contribution in [0.15, 0.2) is 18.2 Å². The number of alkyl halides is 3. The van der Waals surface area contributed by atoms with E-state index in [9.17, 15) is 22.8 Å². The van der Waals surface area contributed by atoms with Gasteiger partial charge in [0.15, 0.2) is 0 Å². The summed E-state index contributed by atoms with van der Waals surface area (Å²) >= 11 is 0. The SMILES string of the molecule is COc1cc(OC)cc(C(=O)N2CCN(C(=O)C(F)(F)F)CC2)c1. The largest absolute Gasteiger partial charge is 0.497 e. The molecule has 24 heavy (non-hydrogen) atoms. The molecule has 0 saturated carbocycles. The third kappa shape index (κ3) is 3.90. The molecule has 0 bridgehead atoms. The molecule has 0 N–H and O–H groups in total. The number of benzene rings is 1. The van der Waals surface area contributed by atoms with E-state index >= 15 is 0 Å². The van der Waals surface area contributed by atoms with Gasteiger partial charge in [0.1, 0.15) is 11.5 Å². The molecular weight excluding hydrogens is 329 g/mol. The number of carbonyl (C=O) groups excluding carboxylic acids is 2. The van der Waals surface area contributed by atoms with Gasteiger partial charge in [-0.2, -0.15) is 13.2 Å². The van der Waals surface area contributed by atoms with E-state index in [0.29, 0.717) is 22.0 Å². The highest BCUT2D eigenvalue weighted by Gasteiger charge is 2.43. The topological polar surface area (TPSA) is 59.1 Å². The average molecular weight is 346 g/mol. The molecule has 1 heterocycles. The third-order valence-corrected chi connectivity index (χ3v) is 3.69. The minimum absolute atomic E-state index is 0.0280. The molecule has 1 aliphatic rings. The average Bonchev–Trinajstić information content (AvgIpc) is 2.59. The summed E-state index contributed by atoms with van der Waals surface area (Å²) in [5, 5.41) is 0. The lowest BCUT2D eigenvalue weighted by Gasteiger charge is -2.35. The third-order valence-electron chi connectivity index (χ3n) is 3.69. The Hall–Kier alpha value is -2.45. The zero-order valence-corrected chi connectivity index (χ0v) is 13.2. The zero-order chi connectivity index (χ0) is 17.9. The second-order valence-electron chi connectivity index (χ2n) is 5.18. The Morgan fingerprint density at radius 3 is 1.79 bits per heavy atom. The molecule has 0 radical (unpaired) electrons. The molecule has 1 aliphatic heterocycles. The van der Waals surface area contributed by atoms with Crippen LogP contribution < -0.4 is 9.47 Å². The van der Waals surface area contributed by atoms with Crippen LogP contribution in [0.4, 0.5) is 13.2 Å². The molecular formula is C15H17F3N2O4. The number of halogens is 3. The lowest BCUT2D eigenvalue weighted by Crippen LogP contribution is -2.53. The van der Waals surface area contributed by atoms with E-state index in [4.69, 9.17) is 9.47 Å². The molecule has 0 unspecified atom stereocenters. The van der Waals surface area contributed by atoms with E-state index in [0.717, 1.165) is 0 Å². The molecule has 0 aliphatic carbocycles. The Kier molecular flexibility index (Phi) is 5.20. The van der Waals surface area contributed by atoms with Crippen molar-refractivity contribution in [1.82, 2.24) is 9.80 Å². The quantitative estimate of drug-likeness (QED) is 0.833. The second-order valence-corrected chi connectivity index (χ2v) is 5.18. The van der Waals surface area contributed by atoms with Gasteiger partial charge < -0.3 is 19.3 Å². The first-order valence-corrected chi connectivity index (χ1v) is 7.14. The van der Waals surface area contributed by atoms with Crippen molar-refractivity contribution in [2.24, 2.45) is 0 Å². The number of hydrogen-bond donors (Lipinski definition) is 0. The molecule has 2 amide bonds. The normalized spacial score (nSPS) is 15.2. The minimum Gasteiger partial charge on any atom is -0.497 e. The van der Waals surface area contributed by atoms with Crippen LogP contribution >= 0.6 is 0 Å². The van der Waals surface area contributed by atoms with Crippen molar-refractivity contribution in [2.75, 3.05) is 40.4 Å². The van der Waals surface area contributed by atoms with Crippen LogP contribution in [0.25, 0.3) is 0 Å². The van der Waals surface area contributed by atoms with Gasteiger partial charge in [0, 0.05) is 37.8 Å². The van der Waals surface area contributed by atoms with Crippen LogP contribution in [0.1, 0.15) is 10.4 Å². The number of piperazine rings is 1. The number of methoxy groups -OCH3 is 2. The van der Waals surface area contributed by atoms with Crippen molar-refractivity contribution in [3.8, 4) is 11.5 Å². The van der Waals surface area contributed by atoms with E-state index in [1.54, 1.807) is 6.07 Å². The molecule has 1 saturated heterocycles. The smallest absolute Gasteiger partial charge is 0.471 e. The Morgan fingerprint density at radius 2 is 1.38 bits per heavy atom. The highest BCUT2D eigenvalue weighted by Crippen LogP contribution is 2.24. The minimum atomic E-state index is -4.90. The van der Waals surface area contributed by atoms with Crippen molar-refractivity contribution >= 4 is 11.8 Å². The zero-order valence-electron chi connectivity index (χ0n) is 13.2. The summed E-state index contributed by atoms with van der Waals surface area (Å²) < 4.78 is 47.4. The second kappa shape index (κ2) is 6.98. The summed E-state index contributed by atoms with van der Waals surface area (Å²) in [5.74, 6) is -1.36. The summed E-state index contributed by atoms with van der Waals surface area (Å²) in [5.41, 5.74) is 0.307. The maximum absolute atomic E-state index is 12.5. The van der Waals surface area contributed by atoms with Gasteiger partial charge in [-0.25, -0.2) is 0 Å². The van der Waals surface area contributed by atoms with Crippen molar-refractivity contribution in [1.29, 1.82) is 0 Å². The maximum Gasteiger partial charge on any atom is 0.471 e. The number of carbonyl (C=O) groups is 2. The molecule has 1 aromatic rings. The van der Waals surface area contributed by atoms with Crippen molar-refractivity contribution in [2.45, 2.75) is 6.18 Å². The van der Waals surface area contributed by atoms with Gasteiger partial charge in [-0.05, 0) is 12.1 Å². The molecule has 6 nitrogen and oxygen atoms in total. The molecule has 1 aromatic carbocycles. The lowest BCUT2D eigenvalue weighted by molar-refractivity contribution is -0.186. The van der Waals surface area contributed by atoms with Crippen LogP contribution in [0.3, 0.4) is 0 Å². The van der Waals surface area contributed by atoms with Gasteiger partial charge in [0.05, 0.1) is 14.2 Å². The van der Waals surface area contributed by atoms with Gasteiger partial charge in [-0.1, -0.05) is 0 Å². The van der Waals surface area contributed by atoms with Crippen LogP contribution in [0, 0.1) is 0 Å². The molecule has 9 heteroatoms. The Morgan fingerprint density at radius 1 is 0.917 bits per heavy atom. The number of nitrogens with zero attached hydrogens (tertiary/aromatic N) is 2. The summed E-state index contributed by atoms with van der Waals surface area (Å²) in [6, 6.07) is 4.66. The van der Waals surface area contributed by atoms with E-state index < -0.39 is 12.1 Å². The maximum atomic E-state index is 12.5. The standard InChI is InChI=1S/C15H17F3N2O4/c1-23-11-7-10(8-12(9-11)24-2)13(21)19-3-5-20(6-4-19)14(22)15(16,17)18/h7-9H,3-6H2,1-2H3. The van der Waals surface area contributed by atoms with Crippen LogP contribution in [0.2, 0.25) is 0 Å². The van der Waals surface area contributed by atoms with Crippen molar-refractivity contribution in [3.05, 3.63) is 23.8 Å². The predicted molar refractivity (Wildman–Crippen MR) is 78.1 cm³/mol. The fourth-order valence-electron chi connectivity index (χ4n) is 2.41. The number of ether oxygens (including phenoxy) is 2. The summed E-state index contributed by atoms with van der Waals surface area (Å²) in [6.07, 6.45) is -4.90. The first kappa shape index (κ1) is 17.9. The van der Waals surface area contributed by atoms with Crippen LogP contribution in [-0.2, 0) is 4.79 Å². The first-order chi connectivity index (χ1) is 11.3. The van der Waals surface area contributed by atoms with Gasteiger partial charge >= 0.3 is 12.1 Å². The highest BCUT2D eigenvalue weighted by atomic mass is 19.4. The van der Waals surface area contributed by atoms with Crippen molar-refractivity contribution in [3.63, 3.8) is 0 Å². The van der Waals surface area contributed by atoms with E-state index in [1.807, 2.05) is 0 Å². The Labute approximate surface area is 136 Å².